The number of hydrogen-bond donors (Lipinski definition) is 2. The quantitative estimate of drug-likeness (QED) is 0.617. The van der Waals surface area contributed by atoms with Crippen LogP contribution in [0, 0.1) is 0 Å². The summed E-state index contributed by atoms with van der Waals surface area (Å²) in [6, 6.07) is 7.89. The first kappa shape index (κ1) is 17.1. The van der Waals surface area contributed by atoms with E-state index < -0.39 is 21.1 Å². The van der Waals surface area contributed by atoms with E-state index >= 15 is 0 Å². The average Bonchev–Trinajstić information content (AvgIpc) is 2.93. The first-order valence-corrected chi connectivity index (χ1v) is 9.79. The summed E-state index contributed by atoms with van der Waals surface area (Å²) in [5.74, 6) is 0. The minimum absolute atomic E-state index is 0.0378. The minimum Gasteiger partial charge on any atom is -0.316 e. The normalized spacial score (nSPS) is 12.1. The summed E-state index contributed by atoms with van der Waals surface area (Å²) in [5, 5.41) is 0. The van der Waals surface area contributed by atoms with E-state index in [0.717, 1.165) is 8.66 Å². The van der Waals surface area contributed by atoms with Crippen molar-refractivity contribution in [2.24, 2.45) is 0 Å². The molecule has 3 rings (SSSR count). The van der Waals surface area contributed by atoms with Gasteiger partial charge in [0.25, 0.3) is 0 Å². The Balaban J connectivity index is 1.99. The van der Waals surface area contributed by atoms with E-state index in [9.17, 15) is 18.0 Å². The van der Waals surface area contributed by atoms with Gasteiger partial charge in [0.2, 0.25) is 10.0 Å². The number of nitrogens with one attached hydrogen (secondary N) is 2. The van der Waals surface area contributed by atoms with Crippen LogP contribution >= 0.6 is 27.3 Å². The van der Waals surface area contributed by atoms with Gasteiger partial charge in [-0.15, -0.1) is 11.3 Å². The molecule has 0 unspecified atom stereocenters. The third-order valence-corrected chi connectivity index (χ3v) is 6.82. The van der Waals surface area contributed by atoms with E-state index in [1.165, 1.54) is 40.9 Å². The van der Waals surface area contributed by atoms with Crippen molar-refractivity contribution in [3.8, 4) is 0 Å². The molecule has 0 aliphatic carbocycles. The highest BCUT2D eigenvalue weighted by molar-refractivity contribution is 9.11. The van der Waals surface area contributed by atoms with Crippen molar-refractivity contribution in [2.45, 2.75) is 11.4 Å². The molecular weight excluding hydrogens is 418 g/mol. The molecule has 0 radical (unpaired) electrons. The summed E-state index contributed by atoms with van der Waals surface area (Å²) >= 11 is 4.80. The number of hydrogen-bond acceptors (Lipinski definition) is 5. The Morgan fingerprint density at radius 3 is 2.38 bits per heavy atom. The van der Waals surface area contributed by atoms with Gasteiger partial charge in [0.1, 0.15) is 0 Å². The number of nitrogens with zero attached hydrogens (tertiary/aromatic N) is 1. The second kappa shape index (κ2) is 6.28. The van der Waals surface area contributed by atoms with Crippen LogP contribution in [0.2, 0.25) is 0 Å². The molecule has 0 saturated heterocycles. The highest BCUT2D eigenvalue weighted by Crippen LogP contribution is 2.25. The van der Waals surface area contributed by atoms with Crippen LogP contribution in [0.25, 0.3) is 11.0 Å². The van der Waals surface area contributed by atoms with Crippen LogP contribution in [0.4, 0.5) is 0 Å². The highest BCUT2D eigenvalue weighted by Gasteiger charge is 2.22. The molecule has 3 aromatic rings. The molecule has 0 aliphatic heterocycles. The van der Waals surface area contributed by atoms with Gasteiger partial charge in [0.05, 0.1) is 19.7 Å². The Morgan fingerprint density at radius 1 is 1.08 bits per heavy atom. The van der Waals surface area contributed by atoms with E-state index in [1.54, 1.807) is 0 Å². The van der Waals surface area contributed by atoms with Crippen LogP contribution in [0.1, 0.15) is 4.88 Å². The van der Waals surface area contributed by atoms with Gasteiger partial charge < -0.3 is 9.97 Å². The van der Waals surface area contributed by atoms with Crippen molar-refractivity contribution < 1.29 is 8.42 Å². The Bertz CT molecular complexity index is 1130. The number of thiophene rings is 1. The van der Waals surface area contributed by atoms with Crippen LogP contribution in [-0.2, 0) is 16.6 Å². The molecule has 1 aromatic carbocycles. The largest absolute Gasteiger partial charge is 0.316 e. The monoisotopic (exact) mass is 429 g/mol. The lowest BCUT2D eigenvalue weighted by Gasteiger charge is -2.16. The summed E-state index contributed by atoms with van der Waals surface area (Å²) in [7, 11) is -2.24. The van der Waals surface area contributed by atoms with Gasteiger partial charge >= 0.3 is 11.1 Å². The van der Waals surface area contributed by atoms with E-state index in [1.807, 2.05) is 12.1 Å². The van der Waals surface area contributed by atoms with E-state index in [4.69, 9.17) is 0 Å². The van der Waals surface area contributed by atoms with Gasteiger partial charge in [-0.1, -0.05) is 0 Å². The molecule has 0 atom stereocenters. The minimum atomic E-state index is -3.73. The number of aromatic amines is 2. The van der Waals surface area contributed by atoms with Crippen LogP contribution in [0.3, 0.4) is 0 Å². The lowest BCUT2D eigenvalue weighted by molar-refractivity contribution is 0.470. The number of H-pyrrole nitrogens is 2. The number of rotatable bonds is 4. The first-order valence-electron chi connectivity index (χ1n) is 6.74. The fraction of sp³-hybridized carbons (Fsp3) is 0.143. The average molecular weight is 430 g/mol. The summed E-state index contributed by atoms with van der Waals surface area (Å²) in [4.78, 5) is 28.4. The second-order valence-electron chi connectivity index (χ2n) is 5.08. The first-order chi connectivity index (χ1) is 11.3. The molecule has 2 N–H and O–H groups in total. The predicted octanol–water partition coefficient (Wildman–Crippen LogP) is 1.86. The molecule has 10 heteroatoms. The van der Waals surface area contributed by atoms with Crippen molar-refractivity contribution in [1.29, 1.82) is 0 Å². The van der Waals surface area contributed by atoms with Crippen LogP contribution in [0.15, 0.2) is 48.6 Å². The molecule has 0 saturated carbocycles. The maximum absolute atomic E-state index is 12.7. The van der Waals surface area contributed by atoms with Crippen molar-refractivity contribution in [3.63, 3.8) is 0 Å². The number of fused-ring (bicyclic) bond motifs is 1. The molecule has 24 heavy (non-hydrogen) atoms. The Morgan fingerprint density at radius 2 is 1.75 bits per heavy atom. The molecule has 126 valence electrons. The summed E-state index contributed by atoms with van der Waals surface area (Å²) in [5.41, 5.74) is -0.983. The molecule has 0 fully saturated rings. The third kappa shape index (κ3) is 3.22. The predicted molar refractivity (Wildman–Crippen MR) is 95.9 cm³/mol. The highest BCUT2D eigenvalue weighted by atomic mass is 79.9. The van der Waals surface area contributed by atoms with E-state index in [0.29, 0.717) is 5.52 Å². The second-order valence-corrected chi connectivity index (χ2v) is 9.67. The molecule has 7 nitrogen and oxygen atoms in total. The lowest BCUT2D eigenvalue weighted by Crippen LogP contribution is -2.29. The topological polar surface area (TPSA) is 103 Å². The van der Waals surface area contributed by atoms with Crippen molar-refractivity contribution >= 4 is 48.3 Å². The zero-order valence-electron chi connectivity index (χ0n) is 12.4. The summed E-state index contributed by atoms with van der Waals surface area (Å²) in [6.45, 7) is 0.235. The fourth-order valence-electron chi connectivity index (χ4n) is 2.18. The standard InChI is InChI=1S/C14H12BrN3O4S2/c1-18(7-8-2-5-12(15)23-8)24(21,22)9-3-4-10-11(6-9)17-14(20)13(19)16-10/h2-6H,7H2,1H3,(H,16,19)(H,17,20). The molecule has 2 heterocycles. The summed E-state index contributed by atoms with van der Waals surface area (Å²) < 4.78 is 27.5. The van der Waals surface area contributed by atoms with Gasteiger partial charge in [0.15, 0.2) is 0 Å². The number of sulfonamides is 1. The van der Waals surface area contributed by atoms with Crippen LogP contribution < -0.4 is 11.1 Å². The van der Waals surface area contributed by atoms with Gasteiger partial charge in [-0.05, 0) is 46.3 Å². The number of aromatic nitrogens is 2. The molecule has 0 spiro atoms. The number of halogens is 1. The van der Waals surface area contributed by atoms with Crippen molar-refractivity contribution in [3.05, 3.63) is 59.7 Å². The zero-order valence-corrected chi connectivity index (χ0v) is 15.6. The maximum atomic E-state index is 12.7. The Hall–Kier alpha value is -1.75. The van der Waals surface area contributed by atoms with Crippen LogP contribution in [-0.4, -0.2) is 29.7 Å². The molecular formula is C14H12BrN3O4S2. The third-order valence-electron chi connectivity index (χ3n) is 3.41. The molecule has 0 aliphatic rings. The molecule has 0 amide bonds. The summed E-state index contributed by atoms with van der Waals surface area (Å²) in [6.07, 6.45) is 0. The Kier molecular flexibility index (Phi) is 4.47. The van der Waals surface area contributed by atoms with Crippen LogP contribution in [0.5, 0.6) is 0 Å². The Labute approximate surface area is 149 Å². The smallest absolute Gasteiger partial charge is 0.314 e. The molecule has 0 bridgehead atoms. The van der Waals surface area contributed by atoms with Crippen molar-refractivity contribution in [2.75, 3.05) is 7.05 Å². The maximum Gasteiger partial charge on any atom is 0.314 e. The van der Waals surface area contributed by atoms with Gasteiger partial charge in [-0.2, -0.15) is 4.31 Å². The number of benzene rings is 1. The fourth-order valence-corrected chi connectivity index (χ4v) is 4.97. The van der Waals surface area contributed by atoms with Gasteiger partial charge in [0, 0.05) is 18.5 Å². The van der Waals surface area contributed by atoms with Gasteiger partial charge in [-0.25, -0.2) is 8.42 Å². The SMILES string of the molecule is CN(Cc1ccc(Br)s1)S(=O)(=O)c1ccc2[nH]c(=O)c(=O)[nH]c2c1. The van der Waals surface area contributed by atoms with E-state index in [2.05, 4.69) is 25.9 Å². The van der Waals surface area contributed by atoms with Crippen molar-refractivity contribution in [1.82, 2.24) is 14.3 Å². The molecule has 2 aromatic heterocycles. The van der Waals surface area contributed by atoms with Gasteiger partial charge in [-0.3, -0.25) is 9.59 Å². The zero-order chi connectivity index (χ0) is 17.5. The lowest BCUT2D eigenvalue weighted by atomic mass is 10.3. The van der Waals surface area contributed by atoms with E-state index in [-0.39, 0.29) is 17.0 Å².